The molecule has 2 aromatic carbocycles. The van der Waals surface area contributed by atoms with Gasteiger partial charge in [0, 0.05) is 5.69 Å². The highest BCUT2D eigenvalue weighted by Crippen LogP contribution is 2.31. The second-order valence-corrected chi connectivity index (χ2v) is 4.01. The van der Waals surface area contributed by atoms with Crippen LogP contribution in [0.4, 0.5) is 5.69 Å². The average molecular weight is 236 g/mol. The standard InChI is InChI=1S/C13H13NO.ClH/c15-13-8-6-11-10-4-2-1-3-9(10)5-7-12(11)14-13;/h1-5,7,13-15H,6,8H2;1H. The fourth-order valence-electron chi connectivity index (χ4n) is 2.27. The fourth-order valence-corrected chi connectivity index (χ4v) is 2.27. The van der Waals surface area contributed by atoms with Crippen LogP contribution in [-0.4, -0.2) is 11.3 Å². The second-order valence-electron chi connectivity index (χ2n) is 4.01. The van der Waals surface area contributed by atoms with Gasteiger partial charge in [-0.3, -0.25) is 0 Å². The number of anilines is 1. The lowest BCUT2D eigenvalue weighted by Gasteiger charge is -2.24. The lowest BCUT2D eigenvalue weighted by molar-refractivity contribution is 0.189. The molecule has 0 spiro atoms. The van der Waals surface area contributed by atoms with Gasteiger partial charge in [-0.05, 0) is 35.2 Å². The molecule has 0 radical (unpaired) electrons. The van der Waals surface area contributed by atoms with E-state index in [0.29, 0.717) is 0 Å². The predicted octanol–water partition coefficient (Wildman–Crippen LogP) is 2.94. The number of nitrogens with one attached hydrogen (secondary N) is 1. The molecule has 1 aliphatic rings. The van der Waals surface area contributed by atoms with E-state index in [1.165, 1.54) is 16.3 Å². The summed E-state index contributed by atoms with van der Waals surface area (Å²) in [6, 6.07) is 12.5. The maximum absolute atomic E-state index is 9.52. The quantitative estimate of drug-likeness (QED) is 0.736. The topological polar surface area (TPSA) is 32.3 Å². The van der Waals surface area contributed by atoms with Crippen molar-refractivity contribution < 1.29 is 5.11 Å². The maximum Gasteiger partial charge on any atom is 0.124 e. The minimum absolute atomic E-state index is 0. The molecule has 16 heavy (non-hydrogen) atoms. The van der Waals surface area contributed by atoms with Crippen molar-refractivity contribution in [3.63, 3.8) is 0 Å². The molecule has 0 saturated carbocycles. The van der Waals surface area contributed by atoms with Crippen LogP contribution in [0.1, 0.15) is 12.0 Å². The Bertz CT molecular complexity index is 512. The lowest BCUT2D eigenvalue weighted by atomic mass is 9.96. The van der Waals surface area contributed by atoms with Gasteiger partial charge >= 0.3 is 0 Å². The molecule has 0 fully saturated rings. The van der Waals surface area contributed by atoms with Crippen molar-refractivity contribution in [1.29, 1.82) is 0 Å². The number of halogens is 1. The number of aliphatic hydroxyl groups is 1. The van der Waals surface area contributed by atoms with Gasteiger partial charge in [-0.2, -0.15) is 0 Å². The molecule has 3 rings (SSSR count). The monoisotopic (exact) mass is 235 g/mol. The molecule has 0 bridgehead atoms. The van der Waals surface area contributed by atoms with Crippen molar-refractivity contribution in [2.45, 2.75) is 19.1 Å². The van der Waals surface area contributed by atoms with Crippen molar-refractivity contribution in [3.05, 3.63) is 42.0 Å². The van der Waals surface area contributed by atoms with Crippen LogP contribution in [0.5, 0.6) is 0 Å². The summed E-state index contributed by atoms with van der Waals surface area (Å²) in [5, 5.41) is 15.2. The molecule has 1 heterocycles. The summed E-state index contributed by atoms with van der Waals surface area (Å²) >= 11 is 0. The van der Waals surface area contributed by atoms with E-state index in [0.717, 1.165) is 18.5 Å². The minimum atomic E-state index is -0.390. The van der Waals surface area contributed by atoms with Gasteiger partial charge in [0.25, 0.3) is 0 Å². The number of hydrogen-bond acceptors (Lipinski definition) is 2. The fraction of sp³-hybridized carbons (Fsp3) is 0.231. The Morgan fingerprint density at radius 1 is 1.12 bits per heavy atom. The number of aryl methyl sites for hydroxylation is 1. The van der Waals surface area contributed by atoms with E-state index in [4.69, 9.17) is 0 Å². The molecule has 1 aliphatic heterocycles. The van der Waals surface area contributed by atoms with Gasteiger partial charge in [0.1, 0.15) is 6.23 Å². The molecule has 1 unspecified atom stereocenters. The van der Waals surface area contributed by atoms with E-state index in [-0.39, 0.29) is 12.4 Å². The summed E-state index contributed by atoms with van der Waals surface area (Å²) in [4.78, 5) is 0. The first-order valence-corrected chi connectivity index (χ1v) is 5.30. The van der Waals surface area contributed by atoms with Crippen LogP contribution in [0.3, 0.4) is 0 Å². The number of rotatable bonds is 0. The predicted molar refractivity (Wildman–Crippen MR) is 69.1 cm³/mol. The summed E-state index contributed by atoms with van der Waals surface area (Å²) in [5.74, 6) is 0. The molecule has 0 amide bonds. The molecule has 1 atom stereocenters. The molecule has 0 aliphatic carbocycles. The minimum Gasteiger partial charge on any atom is -0.374 e. The van der Waals surface area contributed by atoms with E-state index >= 15 is 0 Å². The number of benzene rings is 2. The summed E-state index contributed by atoms with van der Waals surface area (Å²) in [6.45, 7) is 0. The molecular formula is C13H14ClNO. The van der Waals surface area contributed by atoms with Crippen LogP contribution in [0.25, 0.3) is 10.8 Å². The van der Waals surface area contributed by atoms with Gasteiger partial charge in [-0.1, -0.05) is 30.3 Å². The van der Waals surface area contributed by atoms with Gasteiger partial charge in [-0.15, -0.1) is 12.4 Å². The SMILES string of the molecule is Cl.OC1CCc2c(ccc3ccccc23)N1. The van der Waals surface area contributed by atoms with Gasteiger partial charge in [0.15, 0.2) is 0 Å². The Hall–Kier alpha value is -1.25. The van der Waals surface area contributed by atoms with Crippen LogP contribution in [0.15, 0.2) is 36.4 Å². The summed E-state index contributed by atoms with van der Waals surface area (Å²) in [5.41, 5.74) is 2.41. The zero-order valence-corrected chi connectivity index (χ0v) is 9.63. The Labute approximate surface area is 101 Å². The first-order chi connectivity index (χ1) is 7.34. The van der Waals surface area contributed by atoms with Gasteiger partial charge in [0.2, 0.25) is 0 Å². The number of hydrogen-bond donors (Lipinski definition) is 2. The van der Waals surface area contributed by atoms with Gasteiger partial charge < -0.3 is 10.4 Å². The highest BCUT2D eigenvalue weighted by molar-refractivity contribution is 5.90. The van der Waals surface area contributed by atoms with Crippen LogP contribution in [-0.2, 0) is 6.42 Å². The number of fused-ring (bicyclic) bond motifs is 3. The van der Waals surface area contributed by atoms with E-state index in [1.807, 2.05) is 0 Å². The molecule has 3 heteroatoms. The van der Waals surface area contributed by atoms with Crippen molar-refractivity contribution in [2.75, 3.05) is 5.32 Å². The molecule has 2 N–H and O–H groups in total. The second kappa shape index (κ2) is 4.32. The van der Waals surface area contributed by atoms with Crippen molar-refractivity contribution in [1.82, 2.24) is 0 Å². The lowest BCUT2D eigenvalue weighted by Crippen LogP contribution is -2.24. The largest absolute Gasteiger partial charge is 0.374 e. The third-order valence-electron chi connectivity index (χ3n) is 3.03. The van der Waals surface area contributed by atoms with Crippen LogP contribution < -0.4 is 5.32 Å². The Morgan fingerprint density at radius 2 is 1.94 bits per heavy atom. The highest BCUT2D eigenvalue weighted by atomic mass is 35.5. The Morgan fingerprint density at radius 3 is 2.81 bits per heavy atom. The van der Waals surface area contributed by atoms with E-state index < -0.39 is 6.23 Å². The zero-order chi connectivity index (χ0) is 10.3. The normalized spacial score (nSPS) is 18.4. The van der Waals surface area contributed by atoms with Gasteiger partial charge in [0.05, 0.1) is 0 Å². The Kier molecular flexibility index (Phi) is 3.03. The van der Waals surface area contributed by atoms with E-state index in [1.54, 1.807) is 0 Å². The van der Waals surface area contributed by atoms with Crippen LogP contribution in [0.2, 0.25) is 0 Å². The molecular weight excluding hydrogens is 222 g/mol. The van der Waals surface area contributed by atoms with E-state index in [2.05, 4.69) is 41.7 Å². The number of aliphatic hydroxyl groups excluding tert-OH is 1. The van der Waals surface area contributed by atoms with Crippen molar-refractivity contribution in [3.8, 4) is 0 Å². The third-order valence-corrected chi connectivity index (χ3v) is 3.03. The zero-order valence-electron chi connectivity index (χ0n) is 8.81. The average Bonchev–Trinajstić information content (AvgIpc) is 2.28. The first kappa shape index (κ1) is 11.2. The van der Waals surface area contributed by atoms with Gasteiger partial charge in [-0.25, -0.2) is 0 Å². The maximum atomic E-state index is 9.52. The highest BCUT2D eigenvalue weighted by Gasteiger charge is 2.16. The Balaban J connectivity index is 0.000000963. The van der Waals surface area contributed by atoms with Crippen molar-refractivity contribution >= 4 is 28.9 Å². The van der Waals surface area contributed by atoms with Crippen LogP contribution >= 0.6 is 12.4 Å². The summed E-state index contributed by atoms with van der Waals surface area (Å²) < 4.78 is 0. The molecule has 2 aromatic rings. The van der Waals surface area contributed by atoms with Crippen LogP contribution in [0, 0.1) is 0 Å². The molecule has 0 saturated heterocycles. The third kappa shape index (κ3) is 1.75. The van der Waals surface area contributed by atoms with Crippen molar-refractivity contribution in [2.24, 2.45) is 0 Å². The van der Waals surface area contributed by atoms with E-state index in [9.17, 15) is 5.11 Å². The summed E-state index contributed by atoms with van der Waals surface area (Å²) in [7, 11) is 0. The first-order valence-electron chi connectivity index (χ1n) is 5.30. The summed E-state index contributed by atoms with van der Waals surface area (Å²) in [6.07, 6.45) is 1.35. The molecule has 2 nitrogen and oxygen atoms in total. The smallest absolute Gasteiger partial charge is 0.124 e. The molecule has 0 aromatic heterocycles. The molecule has 84 valence electrons.